The van der Waals surface area contributed by atoms with Crippen molar-refractivity contribution < 1.29 is 54.9 Å². The summed E-state index contributed by atoms with van der Waals surface area (Å²) in [6.07, 6.45) is -12.6. The van der Waals surface area contributed by atoms with E-state index < -0.39 is 112 Å². The monoisotopic (exact) mass is 689 g/mol. The maximum Gasteiger partial charge on any atom is 0.427 e. The van der Waals surface area contributed by atoms with Crippen LogP contribution in [-0.2, 0) is 11.0 Å². The van der Waals surface area contributed by atoms with Crippen LogP contribution in [0, 0.1) is 18.6 Å². The maximum atomic E-state index is 16.8. The van der Waals surface area contributed by atoms with E-state index in [0.717, 1.165) is 6.92 Å². The van der Waals surface area contributed by atoms with E-state index in [4.69, 9.17) is 10.5 Å². The predicted molar refractivity (Wildman–Crippen MR) is 152 cm³/mol. The number of hydrogen-bond acceptors (Lipinski definition) is 10. The second-order valence-corrected chi connectivity index (χ2v) is 12.6. The van der Waals surface area contributed by atoms with Crippen molar-refractivity contribution in [2.24, 2.45) is 0 Å². The minimum absolute atomic E-state index is 0.0440. The predicted octanol–water partition coefficient (Wildman–Crippen LogP) is 3.93. The van der Waals surface area contributed by atoms with Crippen molar-refractivity contribution in [2.45, 2.75) is 74.7 Å². The largest absolute Gasteiger partial charge is 0.481 e. The number of piperazine rings is 1. The fraction of sp³-hybridized carbons (Fsp3) is 0.517. The molecule has 48 heavy (non-hydrogen) atoms. The Morgan fingerprint density at radius 2 is 1.88 bits per heavy atom. The van der Waals surface area contributed by atoms with Crippen LogP contribution in [0.3, 0.4) is 0 Å². The SMILES string of the molecule is Cc1c(F)c(N)cc(-c2nc3c4c(nc(N5CCC5(CO)CC(=O)O)nc4c2F)N2C[C@H]4CC[C@H](N4)[C@H]2[C@H](C(F)(F)F)O3)c1C(F)(F)F. The summed E-state index contributed by atoms with van der Waals surface area (Å²) in [5.74, 6) is -5.78. The highest BCUT2D eigenvalue weighted by Gasteiger charge is 2.58. The molecule has 258 valence electrons. The number of nitrogens with zero attached hydrogens (tertiary/aromatic N) is 5. The Labute approximate surface area is 265 Å². The van der Waals surface area contributed by atoms with Gasteiger partial charge in [0, 0.05) is 30.7 Å². The Hall–Kier alpha value is -4.26. The molecular formula is C29H27F8N7O4. The number of alkyl halides is 6. The molecule has 19 heteroatoms. The Balaban J connectivity index is 1.56. The number of halogens is 8. The molecule has 0 aliphatic carbocycles. The van der Waals surface area contributed by atoms with Crippen LogP contribution in [-0.4, -0.2) is 86.8 Å². The van der Waals surface area contributed by atoms with E-state index in [1.807, 2.05) is 0 Å². The topological polar surface area (TPSA) is 150 Å². The molecule has 5 N–H and O–H groups in total. The lowest BCUT2D eigenvalue weighted by Gasteiger charge is -2.51. The first-order chi connectivity index (χ1) is 22.4. The number of aliphatic carboxylic acids is 1. The van der Waals surface area contributed by atoms with Gasteiger partial charge in [0.15, 0.2) is 5.82 Å². The molecule has 7 rings (SSSR count). The summed E-state index contributed by atoms with van der Waals surface area (Å²) in [5, 5.41) is 22.4. The number of aliphatic hydroxyl groups excluding tert-OH is 1. The minimum Gasteiger partial charge on any atom is -0.481 e. The molecule has 11 nitrogen and oxygen atoms in total. The number of carboxylic acid groups (broad SMARTS) is 1. The van der Waals surface area contributed by atoms with Gasteiger partial charge in [-0.2, -0.15) is 31.3 Å². The first kappa shape index (κ1) is 32.3. The first-order valence-electron chi connectivity index (χ1n) is 14.9. The number of anilines is 3. The number of aliphatic hydroxyl groups is 1. The van der Waals surface area contributed by atoms with Crippen LogP contribution in [0.5, 0.6) is 5.88 Å². The summed E-state index contributed by atoms with van der Waals surface area (Å²) in [6.45, 7) is 0.0855. The van der Waals surface area contributed by atoms with Crippen LogP contribution < -0.4 is 25.6 Å². The average Bonchev–Trinajstić information content (AvgIpc) is 3.30. The van der Waals surface area contributed by atoms with Crippen LogP contribution in [0.4, 0.5) is 52.6 Å². The van der Waals surface area contributed by atoms with Crippen LogP contribution in [0.2, 0.25) is 0 Å². The molecule has 3 fully saturated rings. The molecule has 1 unspecified atom stereocenters. The van der Waals surface area contributed by atoms with E-state index in [2.05, 4.69) is 20.3 Å². The van der Waals surface area contributed by atoms with Gasteiger partial charge >= 0.3 is 18.3 Å². The normalized spacial score (nSPS) is 26.6. The van der Waals surface area contributed by atoms with Crippen molar-refractivity contribution in [3.05, 3.63) is 28.8 Å². The van der Waals surface area contributed by atoms with Crippen LogP contribution in [0.15, 0.2) is 6.07 Å². The molecule has 6 heterocycles. The number of pyridine rings is 1. The van der Waals surface area contributed by atoms with Gasteiger partial charge in [0.1, 0.15) is 28.2 Å². The van der Waals surface area contributed by atoms with E-state index in [1.165, 1.54) is 9.80 Å². The summed E-state index contributed by atoms with van der Waals surface area (Å²) in [4.78, 5) is 26.9. The fourth-order valence-electron chi connectivity index (χ4n) is 7.51. The second kappa shape index (κ2) is 10.6. The van der Waals surface area contributed by atoms with Gasteiger partial charge in [0.2, 0.25) is 17.9 Å². The number of nitrogens with two attached hydrogens (primary N) is 1. The van der Waals surface area contributed by atoms with Crippen molar-refractivity contribution in [1.82, 2.24) is 20.3 Å². The molecule has 5 atom stereocenters. The van der Waals surface area contributed by atoms with Gasteiger partial charge in [0.25, 0.3) is 0 Å². The number of nitrogen functional groups attached to an aromatic ring is 1. The summed E-state index contributed by atoms with van der Waals surface area (Å²) >= 11 is 0. The molecule has 1 aromatic carbocycles. The number of hydrogen-bond donors (Lipinski definition) is 4. The van der Waals surface area contributed by atoms with Gasteiger partial charge in [-0.1, -0.05) is 0 Å². The van der Waals surface area contributed by atoms with Crippen LogP contribution in [0.1, 0.15) is 36.8 Å². The Bertz CT molecular complexity index is 1850. The molecule has 3 aromatic rings. The lowest BCUT2D eigenvalue weighted by atomic mass is 9.82. The first-order valence-corrected chi connectivity index (χ1v) is 14.9. The minimum atomic E-state index is -5.29. The zero-order valence-electron chi connectivity index (χ0n) is 24.9. The van der Waals surface area contributed by atoms with Gasteiger partial charge in [-0.25, -0.2) is 18.7 Å². The van der Waals surface area contributed by atoms with Crippen molar-refractivity contribution in [2.75, 3.05) is 35.2 Å². The Morgan fingerprint density at radius 3 is 2.48 bits per heavy atom. The molecule has 2 bridgehead atoms. The standard InChI is InChI=1S/C29H27F8N7O4/c1-10-17(28(32,33)34)12(6-13(38)18(10)30)20-19(31)21-16-24(42-26(41-21)44-5-4-27(44,9-45)7-15(46)47)43-8-11-2-3-14(39-11)22(43)23(29(35,36)37)48-25(16)40-20/h6,11,14,22-23,39,45H,2-5,7-9,38H2,1H3,(H,46,47)/t11-,14+,22+,23-,27?/m1/s1. The summed E-state index contributed by atoms with van der Waals surface area (Å²) < 4.78 is 125. The molecule has 4 aliphatic rings. The molecule has 0 saturated carbocycles. The zero-order valence-corrected chi connectivity index (χ0v) is 24.9. The van der Waals surface area contributed by atoms with E-state index in [1.54, 1.807) is 0 Å². The van der Waals surface area contributed by atoms with Crippen molar-refractivity contribution in [3.8, 4) is 17.1 Å². The third-order valence-electron chi connectivity index (χ3n) is 9.78. The van der Waals surface area contributed by atoms with Gasteiger partial charge in [-0.05, 0) is 37.8 Å². The quantitative estimate of drug-likeness (QED) is 0.228. The molecular weight excluding hydrogens is 662 g/mol. The zero-order chi connectivity index (χ0) is 34.7. The van der Waals surface area contributed by atoms with E-state index in [9.17, 15) is 45.7 Å². The van der Waals surface area contributed by atoms with Crippen molar-refractivity contribution in [3.63, 3.8) is 0 Å². The molecule has 4 aliphatic heterocycles. The van der Waals surface area contributed by atoms with Gasteiger partial charge in [-0.15, -0.1) is 0 Å². The highest BCUT2D eigenvalue weighted by atomic mass is 19.4. The molecule has 0 spiro atoms. The highest BCUT2D eigenvalue weighted by Crippen LogP contribution is 2.49. The number of ether oxygens (including phenoxy) is 1. The molecule has 0 amide bonds. The summed E-state index contributed by atoms with van der Waals surface area (Å²) in [5.41, 5.74) is -2.26. The number of carbonyl (C=O) groups is 1. The molecule has 3 saturated heterocycles. The Kier molecular flexibility index (Phi) is 7.14. The lowest BCUT2D eigenvalue weighted by molar-refractivity contribution is -0.203. The highest BCUT2D eigenvalue weighted by molar-refractivity contribution is 5.98. The van der Waals surface area contributed by atoms with Gasteiger partial charge in [-0.3, -0.25) is 4.79 Å². The van der Waals surface area contributed by atoms with Gasteiger partial charge in [0.05, 0.1) is 35.9 Å². The second-order valence-electron chi connectivity index (χ2n) is 12.6. The maximum absolute atomic E-state index is 16.8. The van der Waals surface area contributed by atoms with E-state index in [-0.39, 0.29) is 37.3 Å². The third kappa shape index (κ3) is 4.75. The van der Waals surface area contributed by atoms with Crippen molar-refractivity contribution >= 4 is 34.3 Å². The smallest absolute Gasteiger partial charge is 0.427 e. The lowest BCUT2D eigenvalue weighted by Crippen LogP contribution is -2.66. The number of aromatic nitrogens is 3. The number of rotatable bonds is 5. The third-order valence-corrected chi connectivity index (χ3v) is 9.78. The van der Waals surface area contributed by atoms with Crippen molar-refractivity contribution in [1.29, 1.82) is 0 Å². The summed E-state index contributed by atoms with van der Waals surface area (Å²) in [7, 11) is 0. The number of nitrogens with one attached hydrogen (secondary N) is 1. The number of carboxylic acids is 1. The number of benzene rings is 1. The Morgan fingerprint density at radius 1 is 1.15 bits per heavy atom. The number of fused-ring (bicyclic) bond motifs is 5. The molecule has 2 aromatic heterocycles. The van der Waals surface area contributed by atoms with Gasteiger partial charge < -0.3 is 35.8 Å². The average molecular weight is 690 g/mol. The van der Waals surface area contributed by atoms with Crippen LogP contribution >= 0.6 is 0 Å². The fourth-order valence-corrected chi connectivity index (χ4v) is 7.51. The van der Waals surface area contributed by atoms with E-state index in [0.29, 0.717) is 18.9 Å². The summed E-state index contributed by atoms with van der Waals surface area (Å²) in [6, 6.07) is -2.07. The van der Waals surface area contributed by atoms with Crippen LogP contribution in [0.25, 0.3) is 22.2 Å². The van der Waals surface area contributed by atoms with E-state index >= 15 is 4.39 Å². The molecule has 0 radical (unpaired) electrons.